The molecule has 8 unspecified atom stereocenters. The zero-order valence-corrected chi connectivity index (χ0v) is 13.1. The second-order valence-corrected chi connectivity index (χ2v) is 6.19. The number of hydrogen-bond donors (Lipinski definition) is 4. The van der Waals surface area contributed by atoms with Crippen LogP contribution in [0.15, 0.2) is 5.11 Å². The van der Waals surface area contributed by atoms with Crippen LogP contribution in [-0.2, 0) is 9.47 Å². The Morgan fingerprint density at radius 3 is 2.67 bits per heavy atom. The van der Waals surface area contributed by atoms with Crippen molar-refractivity contribution in [2.75, 3.05) is 6.61 Å². The lowest BCUT2D eigenvalue weighted by molar-refractivity contribution is -0.311. The average Bonchev–Trinajstić information content (AvgIpc) is 2.38. The maximum Gasteiger partial charge on any atom is 0.169 e. The normalized spacial score (nSPS) is 37.4. The van der Waals surface area contributed by atoms with E-state index in [-0.39, 0.29) is 12.3 Å². The molecule has 1 rings (SSSR count). The van der Waals surface area contributed by atoms with Gasteiger partial charge < -0.3 is 29.9 Å². The van der Waals surface area contributed by atoms with E-state index in [9.17, 15) is 15.3 Å². The van der Waals surface area contributed by atoms with Gasteiger partial charge in [-0.1, -0.05) is 5.11 Å². The van der Waals surface area contributed by atoms with Gasteiger partial charge in [-0.25, -0.2) is 0 Å². The molecule has 0 saturated carbocycles. The molecule has 1 fully saturated rings. The van der Waals surface area contributed by atoms with Crippen molar-refractivity contribution in [3.8, 4) is 0 Å². The van der Waals surface area contributed by atoms with Gasteiger partial charge in [-0.15, -0.1) is 9.24 Å². The topological polar surface area (TPSA) is 148 Å². The molecule has 9 nitrogen and oxygen atoms in total. The molecule has 0 amide bonds. The van der Waals surface area contributed by atoms with E-state index in [1.165, 1.54) is 0 Å². The van der Waals surface area contributed by atoms with Crippen molar-refractivity contribution in [1.82, 2.24) is 0 Å². The molecule has 4 N–H and O–H groups in total. The molecule has 0 bridgehead atoms. The molecule has 0 aliphatic carbocycles. The predicted octanol–water partition coefficient (Wildman–Crippen LogP) is -0.517. The van der Waals surface area contributed by atoms with Gasteiger partial charge in [0.15, 0.2) is 5.79 Å². The highest BCUT2D eigenvalue weighted by Gasteiger charge is 2.48. The standard InChI is InChI=1S/C11H22N3O6P/c1-5(21)19-11(2)3-6(16)8(13-14-12)10(20-11)9(18)7(17)4-15/h5-10,15-18H,3-4,21H2,1-2H3. The fraction of sp³-hybridized carbons (Fsp3) is 1.00. The summed E-state index contributed by atoms with van der Waals surface area (Å²) < 4.78 is 11.2. The minimum atomic E-state index is -1.54. The third-order valence-electron chi connectivity index (χ3n) is 3.23. The number of nitrogens with zero attached hydrogens (tertiary/aromatic N) is 3. The monoisotopic (exact) mass is 323 g/mol. The number of aliphatic hydroxyl groups is 4. The Kier molecular flexibility index (Phi) is 6.77. The minimum Gasteiger partial charge on any atom is -0.394 e. The van der Waals surface area contributed by atoms with Gasteiger partial charge in [0, 0.05) is 11.3 Å². The van der Waals surface area contributed by atoms with Gasteiger partial charge in [-0.2, -0.15) is 0 Å². The summed E-state index contributed by atoms with van der Waals surface area (Å²) in [4.78, 5) is 2.62. The van der Waals surface area contributed by atoms with Gasteiger partial charge in [0.05, 0.1) is 24.6 Å². The smallest absolute Gasteiger partial charge is 0.169 e. The summed E-state index contributed by atoms with van der Waals surface area (Å²) in [5, 5.41) is 42.1. The van der Waals surface area contributed by atoms with Crippen molar-refractivity contribution in [2.45, 2.75) is 62.4 Å². The van der Waals surface area contributed by atoms with E-state index in [0.717, 1.165) is 0 Å². The zero-order chi connectivity index (χ0) is 16.2. The van der Waals surface area contributed by atoms with E-state index in [1.807, 2.05) is 0 Å². The van der Waals surface area contributed by atoms with Gasteiger partial charge >= 0.3 is 0 Å². The largest absolute Gasteiger partial charge is 0.394 e. The van der Waals surface area contributed by atoms with E-state index in [2.05, 4.69) is 19.3 Å². The first-order chi connectivity index (χ1) is 9.74. The van der Waals surface area contributed by atoms with Gasteiger partial charge in [0.25, 0.3) is 0 Å². The Hall–Kier alpha value is -0.500. The summed E-state index contributed by atoms with van der Waals surface area (Å²) >= 11 is 0. The van der Waals surface area contributed by atoms with Gasteiger partial charge in [-0.05, 0) is 19.4 Å². The first-order valence-corrected chi connectivity index (χ1v) is 7.21. The number of hydrogen-bond acceptors (Lipinski definition) is 7. The maximum absolute atomic E-state index is 10.1. The molecule has 1 aliphatic heterocycles. The molecule has 10 heteroatoms. The zero-order valence-electron chi connectivity index (χ0n) is 11.9. The Labute approximate surface area is 124 Å². The quantitative estimate of drug-likeness (QED) is 0.224. The average molecular weight is 323 g/mol. The Morgan fingerprint density at radius 2 is 2.19 bits per heavy atom. The fourth-order valence-corrected chi connectivity index (χ4v) is 2.68. The van der Waals surface area contributed by atoms with Crippen molar-refractivity contribution in [3.63, 3.8) is 0 Å². The summed E-state index contributed by atoms with van der Waals surface area (Å²) in [6.45, 7) is 2.63. The second-order valence-electron chi connectivity index (χ2n) is 5.25. The molecular weight excluding hydrogens is 301 g/mol. The summed E-state index contributed by atoms with van der Waals surface area (Å²) in [6, 6.07) is -1.09. The molecule has 0 aromatic rings. The number of rotatable bonds is 6. The molecule has 8 atom stereocenters. The van der Waals surface area contributed by atoms with Crippen LogP contribution < -0.4 is 0 Å². The predicted molar refractivity (Wildman–Crippen MR) is 76.2 cm³/mol. The van der Waals surface area contributed by atoms with E-state index >= 15 is 0 Å². The molecule has 0 aromatic carbocycles. The van der Waals surface area contributed by atoms with Crippen molar-refractivity contribution in [2.24, 2.45) is 5.11 Å². The van der Waals surface area contributed by atoms with Crippen molar-refractivity contribution < 1.29 is 29.9 Å². The van der Waals surface area contributed by atoms with Gasteiger partial charge in [0.2, 0.25) is 0 Å². The first kappa shape index (κ1) is 18.5. The fourth-order valence-electron chi connectivity index (χ4n) is 2.40. The molecule has 1 saturated heterocycles. The van der Waals surface area contributed by atoms with Crippen molar-refractivity contribution in [1.29, 1.82) is 0 Å². The van der Waals surface area contributed by atoms with Crippen LogP contribution in [0, 0.1) is 0 Å². The van der Waals surface area contributed by atoms with E-state index in [4.69, 9.17) is 20.1 Å². The number of ether oxygens (including phenoxy) is 2. The van der Waals surface area contributed by atoms with Crippen molar-refractivity contribution in [3.05, 3.63) is 10.4 Å². The van der Waals surface area contributed by atoms with Crippen LogP contribution in [0.5, 0.6) is 0 Å². The Morgan fingerprint density at radius 1 is 1.57 bits per heavy atom. The highest BCUT2D eigenvalue weighted by molar-refractivity contribution is 7.17. The summed E-state index contributed by atoms with van der Waals surface area (Å²) in [6.07, 6.45) is -5.32. The molecule has 1 heterocycles. The lowest BCUT2D eigenvalue weighted by atomic mass is 9.90. The molecule has 0 radical (unpaired) electrons. The molecular formula is C11H22N3O6P. The lowest BCUT2D eigenvalue weighted by Gasteiger charge is -2.46. The number of azide groups is 1. The van der Waals surface area contributed by atoms with Crippen LogP contribution in [-0.4, -0.2) is 69.1 Å². The van der Waals surface area contributed by atoms with Crippen LogP contribution in [0.1, 0.15) is 20.3 Å². The lowest BCUT2D eigenvalue weighted by Crippen LogP contribution is -2.60. The Bertz CT molecular complexity index is 394. The molecule has 0 spiro atoms. The molecule has 21 heavy (non-hydrogen) atoms. The Balaban J connectivity index is 3.03. The highest BCUT2D eigenvalue weighted by Crippen LogP contribution is 2.35. The molecule has 0 aromatic heterocycles. The van der Waals surface area contributed by atoms with E-state index in [1.54, 1.807) is 13.8 Å². The first-order valence-electron chi connectivity index (χ1n) is 6.54. The summed E-state index contributed by atoms with van der Waals surface area (Å²) in [7, 11) is 2.41. The molecule has 1 aliphatic rings. The molecule has 122 valence electrons. The van der Waals surface area contributed by atoms with Crippen LogP contribution in [0.3, 0.4) is 0 Å². The van der Waals surface area contributed by atoms with Crippen LogP contribution in [0.4, 0.5) is 0 Å². The maximum atomic E-state index is 10.1. The summed E-state index contributed by atoms with van der Waals surface area (Å²) in [5.74, 6) is -1.50. The highest BCUT2D eigenvalue weighted by atomic mass is 31.0. The van der Waals surface area contributed by atoms with E-state index in [0.29, 0.717) is 0 Å². The second kappa shape index (κ2) is 7.67. The summed E-state index contributed by atoms with van der Waals surface area (Å²) in [5.41, 5.74) is 8.57. The van der Waals surface area contributed by atoms with Crippen molar-refractivity contribution >= 4 is 9.24 Å². The van der Waals surface area contributed by atoms with E-state index < -0.39 is 42.9 Å². The van der Waals surface area contributed by atoms with Gasteiger partial charge in [-0.3, -0.25) is 0 Å². The SMILES string of the molecule is CC(P)OC1(C)CC(O)C(N=[N+]=[N-])C(C(O)C(O)CO)O1. The van der Waals surface area contributed by atoms with Crippen LogP contribution in [0.2, 0.25) is 0 Å². The van der Waals surface area contributed by atoms with Gasteiger partial charge in [0.1, 0.15) is 18.3 Å². The van der Waals surface area contributed by atoms with Crippen LogP contribution in [0.25, 0.3) is 10.4 Å². The minimum absolute atomic E-state index is 0.0356. The number of aliphatic hydroxyl groups excluding tert-OH is 4. The third kappa shape index (κ3) is 4.74. The third-order valence-corrected chi connectivity index (χ3v) is 3.37. The van der Waals surface area contributed by atoms with Crippen LogP contribution >= 0.6 is 9.24 Å².